The SMILES string of the molecule is C=C(CCC1(CCNC)CC2=C(C=CC(C)C2)C(COC)C1)c1ccc(CC(C)C)c(CC)c1. The van der Waals surface area contributed by atoms with E-state index < -0.39 is 0 Å². The molecule has 2 heteroatoms. The molecule has 2 aliphatic carbocycles. The van der Waals surface area contributed by atoms with Crippen molar-refractivity contribution >= 4 is 5.57 Å². The summed E-state index contributed by atoms with van der Waals surface area (Å²) in [6.45, 7) is 15.7. The van der Waals surface area contributed by atoms with Crippen molar-refractivity contribution in [2.45, 2.75) is 79.1 Å². The quantitative estimate of drug-likeness (QED) is 0.341. The van der Waals surface area contributed by atoms with Gasteiger partial charge in [-0.1, -0.05) is 70.2 Å². The van der Waals surface area contributed by atoms with Crippen molar-refractivity contribution < 1.29 is 4.74 Å². The van der Waals surface area contributed by atoms with Crippen molar-refractivity contribution in [1.29, 1.82) is 0 Å². The highest BCUT2D eigenvalue weighted by atomic mass is 16.5. The maximum absolute atomic E-state index is 5.71. The van der Waals surface area contributed by atoms with Crippen LogP contribution in [0.15, 0.2) is 48.1 Å². The zero-order chi connectivity index (χ0) is 24.7. The summed E-state index contributed by atoms with van der Waals surface area (Å²) in [5, 5.41) is 3.44. The van der Waals surface area contributed by atoms with E-state index >= 15 is 0 Å². The maximum Gasteiger partial charge on any atom is 0.0531 e. The predicted octanol–water partition coefficient (Wildman–Crippen LogP) is 7.79. The van der Waals surface area contributed by atoms with Gasteiger partial charge in [0, 0.05) is 13.0 Å². The maximum atomic E-state index is 5.71. The Labute approximate surface area is 210 Å². The minimum absolute atomic E-state index is 0.323. The lowest BCUT2D eigenvalue weighted by molar-refractivity contribution is 0.105. The number of rotatable bonds is 12. The average molecular weight is 464 g/mol. The molecule has 3 unspecified atom stereocenters. The third-order valence-electron chi connectivity index (χ3n) is 8.14. The van der Waals surface area contributed by atoms with Crippen LogP contribution < -0.4 is 5.32 Å². The number of hydrogen-bond donors (Lipinski definition) is 1. The second-order valence-corrected chi connectivity index (χ2v) is 11.5. The van der Waals surface area contributed by atoms with Gasteiger partial charge in [-0.05, 0) is 110 Å². The van der Waals surface area contributed by atoms with Gasteiger partial charge >= 0.3 is 0 Å². The molecule has 2 aliphatic rings. The molecule has 0 radical (unpaired) electrons. The molecular weight excluding hydrogens is 414 g/mol. The molecule has 3 rings (SSSR count). The molecule has 0 saturated heterocycles. The molecule has 0 saturated carbocycles. The van der Waals surface area contributed by atoms with Crippen LogP contribution >= 0.6 is 0 Å². The van der Waals surface area contributed by atoms with Crippen LogP contribution in [0.5, 0.6) is 0 Å². The molecule has 0 fully saturated rings. The first-order chi connectivity index (χ1) is 16.3. The Kier molecular flexibility index (Phi) is 9.80. The lowest BCUT2D eigenvalue weighted by Crippen LogP contribution is -2.35. The van der Waals surface area contributed by atoms with Crippen molar-refractivity contribution in [2.24, 2.45) is 23.2 Å². The molecule has 34 heavy (non-hydrogen) atoms. The Balaban J connectivity index is 1.79. The fourth-order valence-corrected chi connectivity index (χ4v) is 6.34. The van der Waals surface area contributed by atoms with Gasteiger partial charge in [-0.15, -0.1) is 0 Å². The van der Waals surface area contributed by atoms with E-state index in [0.717, 1.165) is 32.4 Å². The van der Waals surface area contributed by atoms with Crippen molar-refractivity contribution in [1.82, 2.24) is 5.32 Å². The molecule has 0 bridgehead atoms. The lowest BCUT2D eigenvalue weighted by atomic mass is 9.61. The number of aryl methyl sites for hydroxylation is 1. The third-order valence-corrected chi connectivity index (χ3v) is 8.14. The standard InChI is InChI=1S/C32H49NO/c1-8-26-19-27(10-11-28(26)17-23(2)3)25(5)13-14-32(15-16-33-6)20-29-18-24(4)9-12-31(29)30(21-32)22-34-7/h9-12,19,23-24,30,33H,5,8,13-18,20-22H2,1-4,6-7H3. The minimum Gasteiger partial charge on any atom is -0.384 e. The van der Waals surface area contributed by atoms with Crippen LogP contribution in [0.4, 0.5) is 0 Å². The molecule has 3 atom stereocenters. The van der Waals surface area contributed by atoms with Crippen LogP contribution in [-0.4, -0.2) is 27.3 Å². The number of ether oxygens (including phenoxy) is 1. The number of nitrogens with one attached hydrogen (secondary N) is 1. The summed E-state index contributed by atoms with van der Waals surface area (Å²) in [7, 11) is 3.94. The number of benzene rings is 1. The summed E-state index contributed by atoms with van der Waals surface area (Å²) in [6, 6.07) is 7.10. The fourth-order valence-electron chi connectivity index (χ4n) is 6.34. The highest BCUT2D eigenvalue weighted by molar-refractivity contribution is 5.64. The van der Waals surface area contributed by atoms with Gasteiger partial charge in [0.15, 0.2) is 0 Å². The molecule has 188 valence electrons. The topological polar surface area (TPSA) is 21.3 Å². The molecule has 1 aromatic rings. The van der Waals surface area contributed by atoms with E-state index in [4.69, 9.17) is 4.74 Å². The highest BCUT2D eigenvalue weighted by Gasteiger charge is 2.40. The van der Waals surface area contributed by atoms with Gasteiger partial charge in [0.25, 0.3) is 0 Å². The normalized spacial score (nSPS) is 24.6. The van der Waals surface area contributed by atoms with Gasteiger partial charge < -0.3 is 10.1 Å². The Morgan fingerprint density at radius 1 is 1.24 bits per heavy atom. The van der Waals surface area contributed by atoms with Gasteiger partial charge in [0.1, 0.15) is 0 Å². The smallest absolute Gasteiger partial charge is 0.0531 e. The second-order valence-electron chi connectivity index (χ2n) is 11.5. The van der Waals surface area contributed by atoms with Crippen molar-refractivity contribution in [2.75, 3.05) is 27.3 Å². The van der Waals surface area contributed by atoms with Gasteiger partial charge in [0.2, 0.25) is 0 Å². The van der Waals surface area contributed by atoms with Crippen LogP contribution in [-0.2, 0) is 17.6 Å². The van der Waals surface area contributed by atoms with Gasteiger partial charge in [-0.3, -0.25) is 0 Å². The first kappa shape index (κ1) is 27.0. The van der Waals surface area contributed by atoms with Gasteiger partial charge in [-0.25, -0.2) is 0 Å². The first-order valence-corrected chi connectivity index (χ1v) is 13.6. The largest absolute Gasteiger partial charge is 0.384 e. The van der Waals surface area contributed by atoms with Crippen molar-refractivity contribution in [3.8, 4) is 0 Å². The predicted molar refractivity (Wildman–Crippen MR) is 148 cm³/mol. The van der Waals surface area contributed by atoms with E-state index in [1.165, 1.54) is 54.4 Å². The summed E-state index contributed by atoms with van der Waals surface area (Å²) in [4.78, 5) is 0. The summed E-state index contributed by atoms with van der Waals surface area (Å²) < 4.78 is 5.71. The van der Waals surface area contributed by atoms with Crippen LogP contribution in [0.2, 0.25) is 0 Å². The van der Waals surface area contributed by atoms with E-state index in [2.05, 4.69) is 77.0 Å². The van der Waals surface area contributed by atoms with Crippen LogP contribution in [0.3, 0.4) is 0 Å². The summed E-state index contributed by atoms with van der Waals surface area (Å²) in [5.41, 5.74) is 9.23. The average Bonchev–Trinajstić information content (AvgIpc) is 2.81. The van der Waals surface area contributed by atoms with Crippen molar-refractivity contribution in [3.63, 3.8) is 0 Å². The number of allylic oxidation sites excluding steroid dienone is 4. The molecule has 0 aliphatic heterocycles. The molecule has 0 heterocycles. The molecule has 0 spiro atoms. The monoisotopic (exact) mass is 463 g/mol. The van der Waals surface area contributed by atoms with E-state index in [9.17, 15) is 0 Å². The first-order valence-electron chi connectivity index (χ1n) is 13.6. The molecule has 1 aromatic carbocycles. The lowest BCUT2D eigenvalue weighted by Gasteiger charge is -2.45. The summed E-state index contributed by atoms with van der Waals surface area (Å²) in [6.07, 6.45) is 14.2. The summed E-state index contributed by atoms with van der Waals surface area (Å²) in [5.74, 6) is 1.85. The Hall–Kier alpha value is -1.64. The van der Waals surface area contributed by atoms with Gasteiger partial charge in [-0.2, -0.15) is 0 Å². The number of methoxy groups -OCH3 is 1. The van der Waals surface area contributed by atoms with Crippen LogP contribution in [0.25, 0.3) is 5.57 Å². The molecular formula is C32H49NO. The summed E-state index contributed by atoms with van der Waals surface area (Å²) >= 11 is 0. The van der Waals surface area contributed by atoms with Crippen LogP contribution in [0, 0.1) is 23.2 Å². The Morgan fingerprint density at radius 2 is 2.03 bits per heavy atom. The number of hydrogen-bond acceptors (Lipinski definition) is 2. The fraction of sp³-hybridized carbons (Fsp3) is 0.625. The van der Waals surface area contributed by atoms with Crippen molar-refractivity contribution in [3.05, 3.63) is 64.8 Å². The zero-order valence-electron chi connectivity index (χ0n) is 22.8. The van der Waals surface area contributed by atoms with E-state index in [1.807, 2.05) is 7.11 Å². The Bertz CT molecular complexity index is 892. The van der Waals surface area contributed by atoms with Crippen LogP contribution in [0.1, 0.15) is 82.9 Å². The highest BCUT2D eigenvalue weighted by Crippen LogP contribution is 2.51. The molecule has 2 nitrogen and oxygen atoms in total. The molecule has 0 amide bonds. The van der Waals surface area contributed by atoms with E-state index in [-0.39, 0.29) is 0 Å². The third kappa shape index (κ3) is 6.73. The zero-order valence-corrected chi connectivity index (χ0v) is 22.8. The Morgan fingerprint density at radius 3 is 2.71 bits per heavy atom. The van der Waals surface area contributed by atoms with E-state index in [0.29, 0.717) is 23.2 Å². The minimum atomic E-state index is 0.323. The van der Waals surface area contributed by atoms with E-state index in [1.54, 1.807) is 11.1 Å². The molecule has 1 N–H and O–H groups in total. The van der Waals surface area contributed by atoms with Gasteiger partial charge in [0.05, 0.1) is 6.61 Å². The molecule has 0 aromatic heterocycles. The second kappa shape index (κ2) is 12.4.